The molecule has 1 aromatic carbocycles. The Morgan fingerprint density at radius 1 is 1.21 bits per heavy atom. The number of fused-ring (bicyclic) bond motifs is 1. The maximum absolute atomic E-state index is 12.5. The minimum atomic E-state index is -5.00. The number of hydrogen-bond donors (Lipinski definition) is 0. The van der Waals surface area contributed by atoms with Gasteiger partial charge in [-0.25, -0.2) is 0 Å². The summed E-state index contributed by atoms with van der Waals surface area (Å²) in [5.74, 6) is 0. The Kier molecular flexibility index (Phi) is 1.84. The van der Waals surface area contributed by atoms with E-state index >= 15 is 0 Å². The fourth-order valence-electron chi connectivity index (χ4n) is 1.47. The zero-order valence-corrected chi connectivity index (χ0v) is 7.43. The molecular formula is C9H7BF3O-. The van der Waals surface area contributed by atoms with Crippen LogP contribution in [0.3, 0.4) is 0 Å². The predicted molar refractivity (Wildman–Crippen MR) is 49.7 cm³/mol. The van der Waals surface area contributed by atoms with Crippen molar-refractivity contribution in [3.8, 4) is 0 Å². The van der Waals surface area contributed by atoms with Crippen LogP contribution < -0.4 is 5.46 Å². The van der Waals surface area contributed by atoms with E-state index in [-0.39, 0.29) is 5.58 Å². The van der Waals surface area contributed by atoms with Crippen LogP contribution in [0, 0.1) is 6.92 Å². The molecule has 74 valence electrons. The molecular weight excluding hydrogens is 192 g/mol. The third-order valence-electron chi connectivity index (χ3n) is 2.18. The molecule has 0 saturated carbocycles. The second kappa shape index (κ2) is 2.80. The highest BCUT2D eigenvalue weighted by atomic mass is 19.4. The topological polar surface area (TPSA) is 13.1 Å². The highest BCUT2D eigenvalue weighted by Crippen LogP contribution is 2.22. The Balaban J connectivity index is 2.79. The molecule has 1 heterocycles. The first-order valence-corrected chi connectivity index (χ1v) is 4.17. The lowest BCUT2D eigenvalue weighted by Crippen LogP contribution is -2.34. The summed E-state index contributed by atoms with van der Waals surface area (Å²) in [4.78, 5) is 0. The fourth-order valence-corrected chi connectivity index (χ4v) is 1.47. The summed E-state index contributed by atoms with van der Waals surface area (Å²) in [6.45, 7) is -3.28. The van der Waals surface area contributed by atoms with Gasteiger partial charge in [-0.1, -0.05) is 23.7 Å². The third kappa shape index (κ3) is 1.29. The van der Waals surface area contributed by atoms with E-state index in [1.54, 1.807) is 13.0 Å². The summed E-state index contributed by atoms with van der Waals surface area (Å²) in [5, 5.41) is 0.529. The van der Waals surface area contributed by atoms with Crippen molar-refractivity contribution >= 4 is 23.4 Å². The van der Waals surface area contributed by atoms with Crippen molar-refractivity contribution in [2.24, 2.45) is 0 Å². The summed E-state index contributed by atoms with van der Waals surface area (Å²) in [6, 6.07) is 4.07. The Morgan fingerprint density at radius 3 is 2.57 bits per heavy atom. The van der Waals surface area contributed by atoms with Crippen LogP contribution in [-0.2, 0) is 0 Å². The summed E-state index contributed by atoms with van der Waals surface area (Å²) in [6.07, 6.45) is 1.34. The maximum Gasteiger partial charge on any atom is 0.513 e. The molecule has 0 bridgehead atoms. The van der Waals surface area contributed by atoms with E-state index in [4.69, 9.17) is 4.42 Å². The molecule has 0 saturated heterocycles. The molecule has 0 aliphatic carbocycles. The van der Waals surface area contributed by atoms with E-state index in [2.05, 4.69) is 0 Å². The van der Waals surface area contributed by atoms with Crippen LogP contribution in [0.15, 0.2) is 28.9 Å². The molecule has 0 fully saturated rings. The van der Waals surface area contributed by atoms with Gasteiger partial charge < -0.3 is 17.4 Å². The van der Waals surface area contributed by atoms with E-state index in [1.165, 1.54) is 12.3 Å². The van der Waals surface area contributed by atoms with E-state index in [1.807, 2.05) is 0 Å². The van der Waals surface area contributed by atoms with Gasteiger partial charge in [-0.3, -0.25) is 0 Å². The number of rotatable bonds is 1. The second-order valence-corrected chi connectivity index (χ2v) is 3.22. The normalized spacial score (nSPS) is 12.3. The van der Waals surface area contributed by atoms with Crippen LogP contribution in [0.2, 0.25) is 0 Å². The third-order valence-corrected chi connectivity index (χ3v) is 2.18. The van der Waals surface area contributed by atoms with Gasteiger partial charge in [0.15, 0.2) is 0 Å². The minimum Gasteiger partial charge on any atom is -0.467 e. The zero-order valence-electron chi connectivity index (χ0n) is 7.43. The van der Waals surface area contributed by atoms with E-state index < -0.39 is 12.4 Å². The molecule has 5 heteroatoms. The van der Waals surface area contributed by atoms with Gasteiger partial charge in [-0.2, -0.15) is 0 Å². The van der Waals surface area contributed by atoms with Crippen LogP contribution >= 0.6 is 0 Å². The molecule has 0 aliphatic rings. The van der Waals surface area contributed by atoms with Crippen LogP contribution in [-0.4, -0.2) is 6.98 Å². The van der Waals surface area contributed by atoms with Crippen molar-refractivity contribution in [3.63, 3.8) is 0 Å². The van der Waals surface area contributed by atoms with Crippen molar-refractivity contribution in [3.05, 3.63) is 30.0 Å². The number of aryl methyl sites for hydroxylation is 1. The number of halogens is 3. The monoisotopic (exact) mass is 199 g/mol. The van der Waals surface area contributed by atoms with Gasteiger partial charge in [0.1, 0.15) is 5.58 Å². The largest absolute Gasteiger partial charge is 0.513 e. The number of benzene rings is 1. The lowest BCUT2D eigenvalue weighted by molar-refractivity contribution is 0.499. The highest BCUT2D eigenvalue weighted by molar-refractivity contribution is 6.75. The smallest absolute Gasteiger partial charge is 0.467 e. The Labute approximate surface area is 78.6 Å². The summed E-state index contributed by atoms with van der Waals surface area (Å²) in [7, 11) is 0. The predicted octanol–water partition coefficient (Wildman–Crippen LogP) is 2.80. The molecule has 1 aromatic heterocycles. The van der Waals surface area contributed by atoms with Gasteiger partial charge in [0.05, 0.1) is 6.26 Å². The van der Waals surface area contributed by atoms with Gasteiger partial charge in [-0.05, 0) is 12.5 Å². The maximum atomic E-state index is 12.5. The average molecular weight is 199 g/mol. The zero-order chi connectivity index (χ0) is 10.3. The van der Waals surface area contributed by atoms with Crippen molar-refractivity contribution in [1.29, 1.82) is 0 Å². The Hall–Kier alpha value is -1.39. The van der Waals surface area contributed by atoms with Crippen LogP contribution in [0.4, 0.5) is 12.9 Å². The number of para-hydroxylation sites is 1. The molecule has 1 nitrogen and oxygen atoms in total. The molecule has 2 aromatic rings. The van der Waals surface area contributed by atoms with Crippen molar-refractivity contribution < 1.29 is 17.4 Å². The van der Waals surface area contributed by atoms with Gasteiger partial charge in [0, 0.05) is 5.39 Å². The summed E-state index contributed by atoms with van der Waals surface area (Å²) in [5.41, 5.74) is 0.00926. The number of hydrogen-bond acceptors (Lipinski definition) is 1. The number of furan rings is 1. The first-order chi connectivity index (χ1) is 6.50. The fraction of sp³-hybridized carbons (Fsp3) is 0.111. The molecule has 0 aliphatic heterocycles. The lowest BCUT2D eigenvalue weighted by atomic mass is 9.79. The van der Waals surface area contributed by atoms with Gasteiger partial charge in [-0.15, -0.1) is 0 Å². The van der Waals surface area contributed by atoms with E-state index in [9.17, 15) is 12.9 Å². The van der Waals surface area contributed by atoms with Gasteiger partial charge in [0.25, 0.3) is 0 Å². The van der Waals surface area contributed by atoms with Crippen molar-refractivity contribution in [1.82, 2.24) is 0 Å². The molecule has 14 heavy (non-hydrogen) atoms. The van der Waals surface area contributed by atoms with Crippen molar-refractivity contribution in [2.75, 3.05) is 0 Å². The molecule has 0 amide bonds. The van der Waals surface area contributed by atoms with Crippen LogP contribution in [0.25, 0.3) is 11.0 Å². The molecule has 0 unspecified atom stereocenters. The first-order valence-electron chi connectivity index (χ1n) is 4.17. The minimum absolute atomic E-state index is 0.0579. The molecule has 0 spiro atoms. The SMILES string of the molecule is Cc1coc2c([B-](F)(F)F)cccc12. The van der Waals surface area contributed by atoms with Crippen LogP contribution in [0.5, 0.6) is 0 Å². The molecule has 0 radical (unpaired) electrons. The van der Waals surface area contributed by atoms with Gasteiger partial charge in [0.2, 0.25) is 0 Å². The van der Waals surface area contributed by atoms with E-state index in [0.717, 1.165) is 11.6 Å². The summed E-state index contributed by atoms with van der Waals surface area (Å²) < 4.78 is 42.5. The highest BCUT2D eigenvalue weighted by Gasteiger charge is 2.29. The molecule has 0 atom stereocenters. The van der Waals surface area contributed by atoms with Crippen molar-refractivity contribution in [2.45, 2.75) is 6.92 Å². The second-order valence-electron chi connectivity index (χ2n) is 3.22. The quantitative estimate of drug-likeness (QED) is 0.643. The Bertz CT molecular complexity index is 472. The van der Waals surface area contributed by atoms with Gasteiger partial charge >= 0.3 is 6.98 Å². The molecule has 2 rings (SSSR count). The lowest BCUT2D eigenvalue weighted by Gasteiger charge is -2.14. The van der Waals surface area contributed by atoms with Crippen LogP contribution in [0.1, 0.15) is 5.56 Å². The average Bonchev–Trinajstić information content (AvgIpc) is 2.46. The first kappa shape index (κ1) is 9.18. The van der Waals surface area contributed by atoms with E-state index in [0.29, 0.717) is 5.39 Å². The molecule has 0 N–H and O–H groups in total. The Morgan fingerprint density at radius 2 is 1.93 bits per heavy atom. The summed E-state index contributed by atoms with van der Waals surface area (Å²) >= 11 is 0. The standard InChI is InChI=1S/C9H7BF3O/c1-6-5-14-9-7(6)3-2-4-8(9)10(11,12)13/h2-5H,1H3/q-1.